The number of nitrogens with zero attached hydrogens (tertiary/aromatic N) is 1. The number of hydrogen-bond acceptors (Lipinski definition) is 4. The molecule has 1 aromatic carbocycles. The Bertz CT molecular complexity index is 571. The molecule has 3 N–H and O–H groups in total. The van der Waals surface area contributed by atoms with Gasteiger partial charge in [0.1, 0.15) is 0 Å². The summed E-state index contributed by atoms with van der Waals surface area (Å²) in [7, 11) is 0. The average Bonchev–Trinajstić information content (AvgIpc) is 2.89. The van der Waals surface area contributed by atoms with Crippen molar-refractivity contribution in [2.75, 3.05) is 18.5 Å². The monoisotopic (exact) mass is 305 g/mol. The normalized spacial score (nSPS) is 11.9. The van der Waals surface area contributed by atoms with Crippen LogP contribution in [0.5, 0.6) is 0 Å². The molecule has 21 heavy (non-hydrogen) atoms. The largest absolute Gasteiger partial charge is 0.396 e. The number of rotatable bonds is 6. The summed E-state index contributed by atoms with van der Waals surface area (Å²) in [5.41, 5.74) is 2.00. The van der Waals surface area contributed by atoms with Crippen molar-refractivity contribution in [2.24, 2.45) is 0 Å². The van der Waals surface area contributed by atoms with Crippen LogP contribution in [0.1, 0.15) is 23.6 Å². The standard InChI is InChI=1S/C15H19N3O2S/c1-11-10-21-15(17-11)18-14(20)16-9-13(7-8-19)12-5-3-2-4-6-12/h2-6,10,13,19H,7-9H2,1H3,(H2,16,17,18,20). The van der Waals surface area contributed by atoms with Crippen molar-refractivity contribution in [2.45, 2.75) is 19.3 Å². The van der Waals surface area contributed by atoms with Gasteiger partial charge in [0.15, 0.2) is 5.13 Å². The molecule has 0 saturated carbocycles. The Labute approximate surface area is 128 Å². The molecule has 0 saturated heterocycles. The van der Waals surface area contributed by atoms with E-state index in [4.69, 9.17) is 5.11 Å². The fraction of sp³-hybridized carbons (Fsp3) is 0.333. The second kappa shape index (κ2) is 7.75. The number of aromatic nitrogens is 1. The number of anilines is 1. The van der Waals surface area contributed by atoms with Crippen LogP contribution in [-0.2, 0) is 0 Å². The molecule has 1 heterocycles. The smallest absolute Gasteiger partial charge is 0.321 e. The highest BCUT2D eigenvalue weighted by atomic mass is 32.1. The number of urea groups is 1. The highest BCUT2D eigenvalue weighted by molar-refractivity contribution is 7.13. The van der Waals surface area contributed by atoms with Gasteiger partial charge >= 0.3 is 6.03 Å². The zero-order valence-electron chi connectivity index (χ0n) is 11.9. The highest BCUT2D eigenvalue weighted by Gasteiger charge is 2.13. The molecule has 1 unspecified atom stereocenters. The molecule has 0 bridgehead atoms. The summed E-state index contributed by atoms with van der Waals surface area (Å²) in [6.45, 7) is 2.45. The van der Waals surface area contributed by atoms with Crippen LogP contribution in [0.25, 0.3) is 0 Å². The number of thiazole rings is 1. The third kappa shape index (κ3) is 4.84. The molecule has 0 spiro atoms. The van der Waals surface area contributed by atoms with E-state index in [1.807, 2.05) is 42.6 Å². The zero-order valence-corrected chi connectivity index (χ0v) is 12.7. The average molecular weight is 305 g/mol. The summed E-state index contributed by atoms with van der Waals surface area (Å²) < 4.78 is 0. The van der Waals surface area contributed by atoms with Crippen molar-refractivity contribution in [3.63, 3.8) is 0 Å². The Morgan fingerprint density at radius 1 is 1.38 bits per heavy atom. The molecule has 6 heteroatoms. The first-order valence-corrected chi connectivity index (χ1v) is 7.70. The molecule has 0 radical (unpaired) electrons. The summed E-state index contributed by atoms with van der Waals surface area (Å²) >= 11 is 1.40. The van der Waals surface area contributed by atoms with Crippen LogP contribution in [-0.4, -0.2) is 29.3 Å². The number of aryl methyl sites for hydroxylation is 1. The van der Waals surface area contributed by atoms with Crippen molar-refractivity contribution >= 4 is 22.5 Å². The van der Waals surface area contributed by atoms with Gasteiger partial charge in [-0.25, -0.2) is 9.78 Å². The minimum absolute atomic E-state index is 0.0918. The van der Waals surface area contributed by atoms with E-state index < -0.39 is 0 Å². The van der Waals surface area contributed by atoms with Crippen LogP contribution >= 0.6 is 11.3 Å². The second-order valence-corrected chi connectivity index (χ2v) is 5.61. The third-order valence-electron chi connectivity index (χ3n) is 3.10. The fourth-order valence-corrected chi connectivity index (χ4v) is 2.72. The molecule has 0 fully saturated rings. The SMILES string of the molecule is Cc1csc(NC(=O)NCC(CCO)c2ccccc2)n1. The highest BCUT2D eigenvalue weighted by Crippen LogP contribution is 2.18. The van der Waals surface area contributed by atoms with E-state index in [9.17, 15) is 4.79 Å². The Kier molecular flexibility index (Phi) is 5.71. The Hall–Kier alpha value is -1.92. The molecule has 0 aliphatic rings. The maximum absolute atomic E-state index is 11.8. The van der Waals surface area contributed by atoms with Gasteiger partial charge in [0, 0.05) is 24.4 Å². The van der Waals surface area contributed by atoms with Gasteiger partial charge in [-0.15, -0.1) is 11.3 Å². The van der Waals surface area contributed by atoms with Crippen LogP contribution in [0, 0.1) is 6.92 Å². The number of carbonyl (C=O) groups is 1. The van der Waals surface area contributed by atoms with Gasteiger partial charge in [-0.1, -0.05) is 30.3 Å². The lowest BCUT2D eigenvalue weighted by Crippen LogP contribution is -2.32. The topological polar surface area (TPSA) is 74.2 Å². The van der Waals surface area contributed by atoms with Crippen LogP contribution < -0.4 is 10.6 Å². The van der Waals surface area contributed by atoms with E-state index in [1.165, 1.54) is 11.3 Å². The third-order valence-corrected chi connectivity index (χ3v) is 3.97. The minimum atomic E-state index is -0.275. The Morgan fingerprint density at radius 3 is 2.76 bits per heavy atom. The molecule has 0 aliphatic carbocycles. The number of benzene rings is 1. The molecule has 1 aromatic heterocycles. The first kappa shape index (κ1) is 15.5. The molecule has 2 amide bonds. The van der Waals surface area contributed by atoms with Crippen molar-refractivity contribution < 1.29 is 9.90 Å². The molecular formula is C15H19N3O2S. The quantitative estimate of drug-likeness (QED) is 0.768. The summed E-state index contributed by atoms with van der Waals surface area (Å²) in [5.74, 6) is 0.0972. The molecule has 0 aliphatic heterocycles. The molecular weight excluding hydrogens is 286 g/mol. The minimum Gasteiger partial charge on any atom is -0.396 e. The fourth-order valence-electron chi connectivity index (χ4n) is 2.04. The van der Waals surface area contributed by atoms with Gasteiger partial charge in [0.05, 0.1) is 5.69 Å². The summed E-state index contributed by atoms with van der Waals surface area (Å²) in [6.07, 6.45) is 0.612. The maximum atomic E-state index is 11.8. The lowest BCUT2D eigenvalue weighted by atomic mass is 9.96. The van der Waals surface area contributed by atoms with Crippen molar-refractivity contribution in [1.29, 1.82) is 0 Å². The Morgan fingerprint density at radius 2 is 2.14 bits per heavy atom. The van der Waals surface area contributed by atoms with E-state index in [0.717, 1.165) is 11.3 Å². The molecule has 5 nitrogen and oxygen atoms in total. The summed E-state index contributed by atoms with van der Waals surface area (Å²) in [4.78, 5) is 16.0. The van der Waals surface area contributed by atoms with Crippen molar-refractivity contribution in [3.05, 3.63) is 47.0 Å². The first-order valence-electron chi connectivity index (χ1n) is 6.82. The van der Waals surface area contributed by atoms with Crippen LogP contribution in [0.3, 0.4) is 0 Å². The number of aliphatic hydroxyl groups is 1. The Balaban J connectivity index is 1.88. The van der Waals surface area contributed by atoms with Crippen LogP contribution in [0.15, 0.2) is 35.7 Å². The predicted octanol–water partition coefficient (Wildman–Crippen LogP) is 2.74. The van der Waals surface area contributed by atoms with Crippen molar-refractivity contribution in [1.82, 2.24) is 10.3 Å². The van der Waals surface area contributed by atoms with Crippen molar-refractivity contribution in [3.8, 4) is 0 Å². The summed E-state index contributed by atoms with van der Waals surface area (Å²) in [6, 6.07) is 9.60. The van der Waals surface area contributed by atoms with Crippen LogP contribution in [0.2, 0.25) is 0 Å². The second-order valence-electron chi connectivity index (χ2n) is 4.75. The first-order chi connectivity index (χ1) is 10.2. The number of hydrogen-bond donors (Lipinski definition) is 3. The van der Waals surface area contributed by atoms with Crippen LogP contribution in [0.4, 0.5) is 9.93 Å². The van der Waals surface area contributed by atoms with E-state index in [0.29, 0.717) is 18.1 Å². The van der Waals surface area contributed by atoms with E-state index in [-0.39, 0.29) is 18.6 Å². The lowest BCUT2D eigenvalue weighted by molar-refractivity contribution is 0.248. The van der Waals surface area contributed by atoms with Gasteiger partial charge in [-0.3, -0.25) is 5.32 Å². The van der Waals surface area contributed by atoms with E-state index >= 15 is 0 Å². The van der Waals surface area contributed by atoms with Gasteiger partial charge in [-0.05, 0) is 18.9 Å². The maximum Gasteiger partial charge on any atom is 0.321 e. The molecule has 112 valence electrons. The number of nitrogens with one attached hydrogen (secondary N) is 2. The van der Waals surface area contributed by atoms with Gasteiger partial charge < -0.3 is 10.4 Å². The molecule has 2 aromatic rings. The van der Waals surface area contributed by atoms with E-state index in [1.54, 1.807) is 0 Å². The molecule has 1 atom stereocenters. The number of amides is 2. The summed E-state index contributed by atoms with van der Waals surface area (Å²) in [5, 5.41) is 17.2. The lowest BCUT2D eigenvalue weighted by Gasteiger charge is -2.17. The predicted molar refractivity (Wildman–Crippen MR) is 84.8 cm³/mol. The molecule has 2 rings (SSSR count). The number of aliphatic hydroxyl groups excluding tert-OH is 1. The van der Waals surface area contributed by atoms with E-state index in [2.05, 4.69) is 15.6 Å². The van der Waals surface area contributed by atoms with Gasteiger partial charge in [0.25, 0.3) is 0 Å². The zero-order chi connectivity index (χ0) is 15.1. The van der Waals surface area contributed by atoms with Gasteiger partial charge in [-0.2, -0.15) is 0 Å². The van der Waals surface area contributed by atoms with Gasteiger partial charge in [0.2, 0.25) is 0 Å². The number of carbonyl (C=O) groups excluding carboxylic acids is 1.